The molecule has 11 heteroatoms. The molecular weight excluding hydrogens is 599 g/mol. The minimum absolute atomic E-state index is 0.0470. The van der Waals surface area contributed by atoms with E-state index in [1.165, 1.54) is 19.2 Å². The van der Waals surface area contributed by atoms with Gasteiger partial charge in [-0.25, -0.2) is 4.39 Å². The highest BCUT2D eigenvalue weighted by Crippen LogP contribution is 2.50. The molecule has 5 rings (SSSR count). The molecule has 9 nitrogen and oxygen atoms in total. The second-order valence-corrected chi connectivity index (χ2v) is 12.1. The Morgan fingerprint density at radius 2 is 1.78 bits per heavy atom. The number of aryl methyl sites for hydroxylation is 2. The van der Waals surface area contributed by atoms with E-state index in [4.69, 9.17) is 18.9 Å². The van der Waals surface area contributed by atoms with Gasteiger partial charge < -0.3 is 29.4 Å². The minimum Gasteiger partial charge on any atom is -0.493 e. The monoisotopic (exact) mass is 638 g/mol. The topological polar surface area (TPSA) is 107 Å². The molecule has 0 saturated carbocycles. The molecule has 1 fully saturated rings. The van der Waals surface area contributed by atoms with Gasteiger partial charge in [-0.2, -0.15) is 11.8 Å². The summed E-state index contributed by atoms with van der Waals surface area (Å²) in [6, 6.07) is 13.3. The number of carbonyl (C=O) groups is 2. The van der Waals surface area contributed by atoms with E-state index in [1.54, 1.807) is 23.9 Å². The predicted molar refractivity (Wildman–Crippen MR) is 171 cm³/mol. The van der Waals surface area contributed by atoms with Crippen LogP contribution in [-0.4, -0.2) is 67.5 Å². The van der Waals surface area contributed by atoms with E-state index < -0.39 is 23.8 Å². The second kappa shape index (κ2) is 14.4. The number of carboxylic acids is 1. The molecule has 2 heterocycles. The molecule has 3 aromatic rings. The first-order valence-corrected chi connectivity index (χ1v) is 16.4. The Morgan fingerprint density at radius 1 is 1.07 bits per heavy atom. The van der Waals surface area contributed by atoms with Gasteiger partial charge in [0, 0.05) is 29.9 Å². The van der Waals surface area contributed by atoms with Gasteiger partial charge in [0.1, 0.15) is 11.6 Å². The summed E-state index contributed by atoms with van der Waals surface area (Å²) in [5, 5.41) is 13.7. The number of fused-ring (bicyclic) bond motifs is 1. The molecule has 0 radical (unpaired) electrons. The number of halogens is 1. The number of nitrogens with one attached hydrogen (secondary N) is 1. The van der Waals surface area contributed by atoms with E-state index in [9.17, 15) is 19.1 Å². The predicted octanol–water partition coefficient (Wildman–Crippen LogP) is 5.91. The van der Waals surface area contributed by atoms with E-state index in [2.05, 4.69) is 5.32 Å². The summed E-state index contributed by atoms with van der Waals surface area (Å²) >= 11 is 1.69. The molecule has 240 valence electrons. The number of hydrogen-bond donors (Lipinski definition) is 2. The standard InChI is InChI=1S/C34H39FN2O7S/c1-5-20-13-24(35)14-21(6-2)31(20)36-29(38)18-37-17-26(23-15-27(41-3)33-28(16-23)43-19-44-33)30(34(39)40)32(37)22-7-9-25(10-8-22)42-11-12-45-4/h7-10,13-16,26,30,32H,5-6,11-12,17-19H2,1-4H3,(H,36,38)(H,39,40)/t26-,30?,32+/m1/s1. The van der Waals surface area contributed by atoms with Crippen molar-refractivity contribution >= 4 is 29.3 Å². The number of amides is 1. The van der Waals surface area contributed by atoms with Crippen LogP contribution in [0.4, 0.5) is 10.1 Å². The van der Waals surface area contributed by atoms with Crippen LogP contribution in [-0.2, 0) is 22.4 Å². The van der Waals surface area contributed by atoms with Crippen molar-refractivity contribution in [2.24, 2.45) is 5.92 Å². The molecule has 2 aliphatic heterocycles. The zero-order chi connectivity index (χ0) is 32.1. The highest BCUT2D eigenvalue weighted by molar-refractivity contribution is 7.98. The fourth-order valence-corrected chi connectivity index (χ4v) is 6.55. The molecule has 2 N–H and O–H groups in total. The summed E-state index contributed by atoms with van der Waals surface area (Å²) < 4.78 is 36.8. The van der Waals surface area contributed by atoms with Gasteiger partial charge in [-0.15, -0.1) is 0 Å². The molecular formula is C34H39FN2O7S. The maximum absolute atomic E-state index is 14.2. The molecule has 0 bridgehead atoms. The summed E-state index contributed by atoms with van der Waals surface area (Å²) in [4.78, 5) is 28.6. The van der Waals surface area contributed by atoms with E-state index in [0.29, 0.717) is 64.8 Å². The van der Waals surface area contributed by atoms with E-state index in [0.717, 1.165) is 11.3 Å². The van der Waals surface area contributed by atoms with Crippen molar-refractivity contribution < 1.29 is 38.0 Å². The van der Waals surface area contributed by atoms with Gasteiger partial charge >= 0.3 is 5.97 Å². The van der Waals surface area contributed by atoms with Crippen LogP contribution in [0.15, 0.2) is 48.5 Å². The normalized spacial score (nSPS) is 19.0. The molecule has 45 heavy (non-hydrogen) atoms. The number of aliphatic carboxylic acids is 1. The Labute approximate surface area is 267 Å². The maximum Gasteiger partial charge on any atom is 0.309 e. The quantitative estimate of drug-likeness (QED) is 0.221. The number of ether oxygens (including phenoxy) is 4. The summed E-state index contributed by atoms with van der Waals surface area (Å²) in [6.07, 6.45) is 3.11. The largest absolute Gasteiger partial charge is 0.493 e. The molecule has 1 amide bonds. The number of rotatable bonds is 13. The highest BCUT2D eigenvalue weighted by Gasteiger charge is 2.48. The van der Waals surface area contributed by atoms with Gasteiger partial charge in [-0.1, -0.05) is 26.0 Å². The van der Waals surface area contributed by atoms with Crippen LogP contribution in [0.2, 0.25) is 0 Å². The third-order valence-corrected chi connectivity index (χ3v) is 8.98. The number of carboxylic acid groups (broad SMARTS) is 1. The number of benzene rings is 3. The van der Waals surface area contributed by atoms with Gasteiger partial charge in [0.15, 0.2) is 11.5 Å². The lowest BCUT2D eigenvalue weighted by molar-refractivity contribution is -0.143. The third-order valence-electron chi connectivity index (χ3n) is 8.41. The van der Waals surface area contributed by atoms with Crippen molar-refractivity contribution in [2.45, 2.75) is 38.6 Å². The van der Waals surface area contributed by atoms with Crippen LogP contribution in [0, 0.1) is 11.7 Å². The van der Waals surface area contributed by atoms with Crippen LogP contribution in [0.5, 0.6) is 23.0 Å². The fraction of sp³-hybridized carbons (Fsp3) is 0.412. The van der Waals surface area contributed by atoms with E-state index in [1.807, 2.05) is 49.3 Å². The van der Waals surface area contributed by atoms with Crippen LogP contribution in [0.1, 0.15) is 48.1 Å². The molecule has 3 aromatic carbocycles. The minimum atomic E-state index is -0.982. The van der Waals surface area contributed by atoms with Crippen LogP contribution in [0.25, 0.3) is 0 Å². The van der Waals surface area contributed by atoms with Gasteiger partial charge in [-0.05, 0) is 77.7 Å². The lowest BCUT2D eigenvalue weighted by Crippen LogP contribution is -2.35. The van der Waals surface area contributed by atoms with Gasteiger partial charge in [-0.3, -0.25) is 14.5 Å². The zero-order valence-corrected chi connectivity index (χ0v) is 26.7. The SMILES string of the molecule is CCc1cc(F)cc(CC)c1NC(=O)CN1C[C@H](c2cc(OC)c3c(c2)OCO3)C(C(=O)O)[C@@H]1c1ccc(OCCSC)cc1. The molecule has 2 aliphatic rings. The van der Waals surface area contributed by atoms with Gasteiger partial charge in [0.25, 0.3) is 0 Å². The summed E-state index contributed by atoms with van der Waals surface area (Å²) in [6.45, 7) is 4.65. The Balaban J connectivity index is 1.50. The van der Waals surface area contributed by atoms with E-state index >= 15 is 0 Å². The number of nitrogens with zero attached hydrogens (tertiary/aromatic N) is 1. The van der Waals surface area contributed by atoms with Gasteiger partial charge in [0.2, 0.25) is 18.4 Å². The van der Waals surface area contributed by atoms with Crippen LogP contribution in [0.3, 0.4) is 0 Å². The van der Waals surface area contributed by atoms with Crippen molar-refractivity contribution in [2.75, 3.05) is 50.9 Å². The Bertz CT molecular complexity index is 1510. The molecule has 1 unspecified atom stereocenters. The lowest BCUT2D eigenvalue weighted by atomic mass is 9.82. The molecule has 3 atom stereocenters. The summed E-state index contributed by atoms with van der Waals surface area (Å²) in [5.41, 5.74) is 3.51. The smallest absolute Gasteiger partial charge is 0.309 e. The molecule has 0 spiro atoms. The number of likely N-dealkylation sites (tertiary alicyclic amines) is 1. The van der Waals surface area contributed by atoms with Crippen LogP contribution < -0.4 is 24.3 Å². The first-order valence-electron chi connectivity index (χ1n) is 15.0. The maximum atomic E-state index is 14.2. The number of hydrogen-bond acceptors (Lipinski definition) is 8. The highest BCUT2D eigenvalue weighted by atomic mass is 32.2. The van der Waals surface area contributed by atoms with Crippen molar-refractivity contribution in [3.8, 4) is 23.0 Å². The van der Waals surface area contributed by atoms with Crippen molar-refractivity contribution in [1.29, 1.82) is 0 Å². The molecule has 0 aliphatic carbocycles. The number of carbonyl (C=O) groups excluding carboxylic acids is 1. The van der Waals surface area contributed by atoms with Crippen LogP contribution >= 0.6 is 11.8 Å². The Morgan fingerprint density at radius 3 is 2.40 bits per heavy atom. The zero-order valence-electron chi connectivity index (χ0n) is 25.9. The van der Waals surface area contributed by atoms with Gasteiger partial charge in [0.05, 0.1) is 26.2 Å². The average Bonchev–Trinajstić information content (AvgIpc) is 3.66. The number of methoxy groups -OCH3 is 1. The molecule has 0 aromatic heterocycles. The fourth-order valence-electron chi connectivity index (χ4n) is 6.30. The van der Waals surface area contributed by atoms with Crippen molar-refractivity contribution in [1.82, 2.24) is 4.90 Å². The lowest BCUT2D eigenvalue weighted by Gasteiger charge is -2.27. The third kappa shape index (κ3) is 6.99. The van der Waals surface area contributed by atoms with Crippen molar-refractivity contribution in [3.05, 3.63) is 76.6 Å². The average molecular weight is 639 g/mol. The summed E-state index contributed by atoms with van der Waals surface area (Å²) in [7, 11) is 1.53. The Hall–Kier alpha value is -3.96. The van der Waals surface area contributed by atoms with E-state index in [-0.39, 0.29) is 31.6 Å². The summed E-state index contributed by atoms with van der Waals surface area (Å²) in [5.74, 6) is -0.0492. The first-order chi connectivity index (χ1) is 21.8. The second-order valence-electron chi connectivity index (χ2n) is 11.1. The van der Waals surface area contributed by atoms with Crippen molar-refractivity contribution in [3.63, 3.8) is 0 Å². The number of thioether (sulfide) groups is 1. The number of anilines is 1. The first kappa shape index (κ1) is 32.4. The molecule has 1 saturated heterocycles. The Kier molecular flexibility index (Phi) is 10.4.